The summed E-state index contributed by atoms with van der Waals surface area (Å²) in [5.41, 5.74) is 0.722. The summed E-state index contributed by atoms with van der Waals surface area (Å²) in [4.78, 5) is 30.1. The van der Waals surface area contributed by atoms with Crippen molar-refractivity contribution in [1.29, 1.82) is 0 Å². The van der Waals surface area contributed by atoms with Crippen LogP contribution >= 0.6 is 22.9 Å². The Balaban J connectivity index is 1.72. The Hall–Kier alpha value is -2.21. The van der Waals surface area contributed by atoms with Crippen LogP contribution in [0.5, 0.6) is 0 Å². The number of benzene rings is 1. The summed E-state index contributed by atoms with van der Waals surface area (Å²) >= 11 is 7.44. The number of amides is 3. The summed E-state index contributed by atoms with van der Waals surface area (Å²) in [5.74, 6) is -0.392. The van der Waals surface area contributed by atoms with Crippen molar-refractivity contribution in [1.82, 2.24) is 14.6 Å². The highest BCUT2D eigenvalue weighted by Crippen LogP contribution is 2.28. The van der Waals surface area contributed by atoms with Crippen LogP contribution in [0.1, 0.15) is 19.5 Å². The van der Waals surface area contributed by atoms with Crippen LogP contribution in [-0.2, 0) is 21.2 Å². The zero-order valence-corrected chi connectivity index (χ0v) is 18.9. The number of halogens is 1. The lowest BCUT2D eigenvalue weighted by atomic mass is 10.3. The molecule has 0 spiro atoms. The second-order valence-corrected chi connectivity index (χ2v) is 9.64. The molecule has 0 atom stereocenters. The van der Waals surface area contributed by atoms with Gasteiger partial charge in [0.1, 0.15) is 0 Å². The molecule has 1 fully saturated rings. The Bertz CT molecular complexity index is 1050. The molecule has 0 saturated carbocycles. The van der Waals surface area contributed by atoms with Gasteiger partial charge in [0.2, 0.25) is 15.9 Å². The van der Waals surface area contributed by atoms with Crippen LogP contribution in [0.2, 0.25) is 5.02 Å². The van der Waals surface area contributed by atoms with E-state index in [2.05, 4.69) is 15.6 Å². The molecule has 1 aromatic carbocycles. The van der Waals surface area contributed by atoms with Crippen LogP contribution in [0, 0.1) is 0 Å². The van der Waals surface area contributed by atoms with Crippen LogP contribution in [0.3, 0.4) is 0 Å². The number of hydrogen-bond donors (Lipinski definition) is 2. The number of anilines is 2. The zero-order valence-electron chi connectivity index (χ0n) is 16.5. The minimum absolute atomic E-state index is 0.0324. The standard InChI is InChI=1S/C18H22ClN5O4S2/c1-3-23(4-2)30(27,28)13-5-6-14(19)15(10-13)22-16(25)9-12-11-29-18(21-12)24-8-7-20-17(24)26/h5-6,10-11H,3-4,7-9H2,1-2H3,(H,20,26)(H,22,25). The van der Waals surface area contributed by atoms with E-state index in [0.29, 0.717) is 37.0 Å². The van der Waals surface area contributed by atoms with Crippen LogP contribution < -0.4 is 15.5 Å². The monoisotopic (exact) mass is 471 g/mol. The molecule has 0 unspecified atom stereocenters. The SMILES string of the molecule is CCN(CC)S(=O)(=O)c1ccc(Cl)c(NC(=O)Cc2csc(N3CCNC3=O)n2)c1. The van der Waals surface area contributed by atoms with Crippen LogP contribution in [0.4, 0.5) is 15.6 Å². The number of urea groups is 1. The van der Waals surface area contributed by atoms with Gasteiger partial charge in [0.05, 0.1) is 27.7 Å². The second-order valence-electron chi connectivity index (χ2n) is 6.46. The number of nitrogens with zero attached hydrogens (tertiary/aromatic N) is 3. The average Bonchev–Trinajstić information content (AvgIpc) is 3.32. The van der Waals surface area contributed by atoms with Gasteiger partial charge in [0, 0.05) is 31.6 Å². The summed E-state index contributed by atoms with van der Waals surface area (Å²) < 4.78 is 26.8. The third kappa shape index (κ3) is 4.75. The summed E-state index contributed by atoms with van der Waals surface area (Å²) in [6, 6.07) is 4.01. The van der Waals surface area contributed by atoms with Gasteiger partial charge in [0.15, 0.2) is 5.13 Å². The zero-order chi connectivity index (χ0) is 21.9. The smallest absolute Gasteiger partial charge is 0.323 e. The van der Waals surface area contributed by atoms with E-state index < -0.39 is 15.9 Å². The van der Waals surface area contributed by atoms with E-state index in [9.17, 15) is 18.0 Å². The molecular weight excluding hydrogens is 450 g/mol. The van der Waals surface area contributed by atoms with Crippen LogP contribution in [0.15, 0.2) is 28.5 Å². The van der Waals surface area contributed by atoms with E-state index in [1.807, 2.05) is 0 Å². The quantitative estimate of drug-likeness (QED) is 0.614. The molecule has 1 aliphatic rings. The third-order valence-electron chi connectivity index (χ3n) is 4.52. The molecule has 0 aliphatic carbocycles. The van der Waals surface area contributed by atoms with Crippen molar-refractivity contribution in [3.05, 3.63) is 34.3 Å². The molecule has 1 aliphatic heterocycles. The molecule has 1 saturated heterocycles. The number of nitrogens with one attached hydrogen (secondary N) is 2. The van der Waals surface area contributed by atoms with E-state index in [-0.39, 0.29) is 28.1 Å². The Morgan fingerprint density at radius 2 is 2.10 bits per heavy atom. The largest absolute Gasteiger partial charge is 0.336 e. The van der Waals surface area contributed by atoms with Crippen molar-refractivity contribution >= 4 is 55.7 Å². The minimum atomic E-state index is -3.68. The van der Waals surface area contributed by atoms with E-state index in [0.717, 1.165) is 0 Å². The highest BCUT2D eigenvalue weighted by molar-refractivity contribution is 7.89. The maximum atomic E-state index is 12.7. The third-order valence-corrected chi connectivity index (χ3v) is 7.81. The summed E-state index contributed by atoms with van der Waals surface area (Å²) in [6.07, 6.45) is -0.0324. The van der Waals surface area contributed by atoms with Crippen molar-refractivity contribution in [3.8, 4) is 0 Å². The van der Waals surface area contributed by atoms with E-state index in [1.54, 1.807) is 19.2 Å². The molecule has 3 rings (SSSR count). The molecule has 2 heterocycles. The highest BCUT2D eigenvalue weighted by atomic mass is 35.5. The van der Waals surface area contributed by atoms with Gasteiger partial charge in [-0.3, -0.25) is 9.69 Å². The van der Waals surface area contributed by atoms with Gasteiger partial charge in [-0.1, -0.05) is 25.4 Å². The molecule has 2 aromatic rings. The van der Waals surface area contributed by atoms with Crippen molar-refractivity contribution in [3.63, 3.8) is 0 Å². The lowest BCUT2D eigenvalue weighted by Gasteiger charge is -2.19. The van der Waals surface area contributed by atoms with Gasteiger partial charge in [0.25, 0.3) is 0 Å². The Morgan fingerprint density at radius 3 is 2.73 bits per heavy atom. The lowest BCUT2D eigenvalue weighted by molar-refractivity contribution is -0.115. The molecule has 0 bridgehead atoms. The van der Waals surface area contributed by atoms with Crippen molar-refractivity contribution in [2.45, 2.75) is 25.2 Å². The molecule has 9 nitrogen and oxygen atoms in total. The van der Waals surface area contributed by atoms with Crippen LogP contribution in [0.25, 0.3) is 0 Å². The highest BCUT2D eigenvalue weighted by Gasteiger charge is 2.25. The number of carbonyl (C=O) groups is 2. The van der Waals surface area contributed by atoms with Crippen molar-refractivity contribution < 1.29 is 18.0 Å². The fraction of sp³-hybridized carbons (Fsp3) is 0.389. The lowest BCUT2D eigenvalue weighted by Crippen LogP contribution is -2.30. The fourth-order valence-electron chi connectivity index (χ4n) is 2.99. The molecule has 2 N–H and O–H groups in total. The van der Waals surface area contributed by atoms with E-state index in [1.165, 1.54) is 38.7 Å². The molecular formula is C18H22ClN5O4S2. The average molecular weight is 472 g/mol. The molecule has 30 heavy (non-hydrogen) atoms. The Kier molecular flexibility index (Phi) is 6.96. The predicted molar refractivity (Wildman–Crippen MR) is 117 cm³/mol. The number of rotatable bonds is 8. The minimum Gasteiger partial charge on any atom is -0.336 e. The van der Waals surface area contributed by atoms with E-state index in [4.69, 9.17) is 11.6 Å². The summed E-state index contributed by atoms with van der Waals surface area (Å²) in [7, 11) is -3.68. The van der Waals surface area contributed by atoms with Gasteiger partial charge in [-0.25, -0.2) is 18.2 Å². The van der Waals surface area contributed by atoms with Crippen molar-refractivity contribution in [2.75, 3.05) is 36.4 Å². The molecule has 0 radical (unpaired) electrons. The maximum absolute atomic E-state index is 12.7. The van der Waals surface area contributed by atoms with Crippen LogP contribution in [-0.4, -0.2) is 55.8 Å². The molecule has 12 heteroatoms. The van der Waals surface area contributed by atoms with E-state index >= 15 is 0 Å². The number of hydrogen-bond acceptors (Lipinski definition) is 6. The van der Waals surface area contributed by atoms with Gasteiger partial charge in [-0.15, -0.1) is 11.3 Å². The molecule has 1 aromatic heterocycles. The first-order chi connectivity index (χ1) is 14.3. The normalized spacial score (nSPS) is 14.3. The summed E-state index contributed by atoms with van der Waals surface area (Å²) in [6.45, 7) is 5.27. The number of thiazole rings is 1. The fourth-order valence-corrected chi connectivity index (χ4v) is 5.49. The Labute approximate surface area is 184 Å². The first-order valence-corrected chi connectivity index (χ1v) is 12.0. The first-order valence-electron chi connectivity index (χ1n) is 9.35. The van der Waals surface area contributed by atoms with Gasteiger partial charge < -0.3 is 10.6 Å². The van der Waals surface area contributed by atoms with Gasteiger partial charge in [-0.05, 0) is 18.2 Å². The van der Waals surface area contributed by atoms with Gasteiger partial charge in [-0.2, -0.15) is 4.31 Å². The summed E-state index contributed by atoms with van der Waals surface area (Å²) in [5, 5.41) is 7.82. The number of sulfonamides is 1. The molecule has 162 valence electrons. The Morgan fingerprint density at radius 1 is 1.37 bits per heavy atom. The topological polar surface area (TPSA) is 112 Å². The van der Waals surface area contributed by atoms with Gasteiger partial charge >= 0.3 is 6.03 Å². The molecule has 3 amide bonds. The number of aromatic nitrogens is 1. The van der Waals surface area contributed by atoms with Crippen molar-refractivity contribution in [2.24, 2.45) is 0 Å². The predicted octanol–water partition coefficient (Wildman–Crippen LogP) is 2.54. The first kappa shape index (κ1) is 22.5. The number of carbonyl (C=O) groups excluding carboxylic acids is 2. The second kappa shape index (κ2) is 9.29. The maximum Gasteiger partial charge on any atom is 0.323 e.